The Morgan fingerprint density at radius 3 is 2.68 bits per heavy atom. The number of hydrogen-bond acceptors (Lipinski definition) is 4. The van der Waals surface area contributed by atoms with E-state index in [9.17, 15) is 4.79 Å². The van der Waals surface area contributed by atoms with E-state index in [1.165, 1.54) is 42.4 Å². The van der Waals surface area contributed by atoms with E-state index in [-0.39, 0.29) is 11.9 Å². The van der Waals surface area contributed by atoms with Crippen LogP contribution in [0, 0.1) is 11.8 Å². The number of amides is 1. The van der Waals surface area contributed by atoms with E-state index in [0.717, 1.165) is 69.4 Å². The molecule has 5 heteroatoms. The summed E-state index contributed by atoms with van der Waals surface area (Å²) < 4.78 is 11.4. The molecule has 34 heavy (non-hydrogen) atoms. The van der Waals surface area contributed by atoms with Gasteiger partial charge in [-0.3, -0.25) is 4.79 Å². The Kier molecular flexibility index (Phi) is 7.51. The Bertz CT molecular complexity index is 964. The third-order valence-corrected chi connectivity index (χ3v) is 7.64. The van der Waals surface area contributed by atoms with E-state index in [0.29, 0.717) is 5.92 Å². The molecule has 0 bridgehead atoms. The van der Waals surface area contributed by atoms with Crippen LogP contribution in [0.25, 0.3) is 0 Å². The molecule has 1 aliphatic heterocycles. The van der Waals surface area contributed by atoms with Crippen molar-refractivity contribution < 1.29 is 14.3 Å². The highest BCUT2D eigenvalue weighted by atomic mass is 16.5. The maximum Gasteiger partial charge on any atom is 0.253 e. The van der Waals surface area contributed by atoms with Gasteiger partial charge in [-0.2, -0.15) is 0 Å². The van der Waals surface area contributed by atoms with Crippen LogP contribution in [0.4, 0.5) is 0 Å². The van der Waals surface area contributed by atoms with E-state index < -0.39 is 0 Å². The van der Waals surface area contributed by atoms with Crippen LogP contribution >= 0.6 is 0 Å². The van der Waals surface area contributed by atoms with Crippen LogP contribution in [0.3, 0.4) is 0 Å². The molecule has 2 fully saturated rings. The molecule has 1 saturated heterocycles. The van der Waals surface area contributed by atoms with Crippen molar-refractivity contribution in [3.05, 3.63) is 64.7 Å². The molecule has 1 saturated carbocycles. The third-order valence-electron chi connectivity index (χ3n) is 7.64. The smallest absolute Gasteiger partial charge is 0.253 e. The number of rotatable bonds is 9. The minimum atomic E-state index is 0.0923. The van der Waals surface area contributed by atoms with Gasteiger partial charge in [0.05, 0.1) is 13.2 Å². The topological polar surface area (TPSA) is 50.8 Å². The molecule has 2 aromatic rings. The minimum Gasteiger partial charge on any atom is -0.493 e. The van der Waals surface area contributed by atoms with E-state index in [1.807, 2.05) is 36.2 Å². The number of hydrogen-bond donors (Lipinski definition) is 1. The first-order valence-electron chi connectivity index (χ1n) is 13.0. The summed E-state index contributed by atoms with van der Waals surface area (Å²) in [4.78, 5) is 15.0. The Morgan fingerprint density at radius 2 is 1.91 bits per heavy atom. The molecule has 5 rings (SSSR count). The molecule has 2 aromatic carbocycles. The molecule has 1 heterocycles. The van der Waals surface area contributed by atoms with Crippen molar-refractivity contribution >= 4 is 5.91 Å². The van der Waals surface area contributed by atoms with Crippen LogP contribution < -0.4 is 10.1 Å². The summed E-state index contributed by atoms with van der Waals surface area (Å²) in [5.41, 5.74) is 4.90. The zero-order valence-electron chi connectivity index (χ0n) is 20.4. The fraction of sp³-hybridized carbons (Fsp3) is 0.552. The predicted molar refractivity (Wildman–Crippen MR) is 134 cm³/mol. The van der Waals surface area contributed by atoms with Crippen LogP contribution in [0.15, 0.2) is 42.5 Å². The van der Waals surface area contributed by atoms with Gasteiger partial charge in [0.1, 0.15) is 5.75 Å². The summed E-state index contributed by atoms with van der Waals surface area (Å²) >= 11 is 0. The van der Waals surface area contributed by atoms with Gasteiger partial charge in [0.2, 0.25) is 0 Å². The standard InChI is InChI=1S/C29H38N2O3/c1-31(29(32)24-9-12-28(13-10-24)34-20-21-4-5-21)27-11-8-25-15-22(6-7-26(25)16-27)17-30-18-23-3-2-14-33-19-23/h6-7,9-10,12-13,15,21,23,27,30H,2-5,8,11,14,16-20H2,1H3. The largest absolute Gasteiger partial charge is 0.493 e. The lowest BCUT2D eigenvalue weighted by Crippen LogP contribution is -2.40. The number of fused-ring (bicyclic) bond motifs is 1. The summed E-state index contributed by atoms with van der Waals surface area (Å²) in [6.07, 6.45) is 7.96. The van der Waals surface area contributed by atoms with Crippen LogP contribution in [-0.2, 0) is 24.1 Å². The van der Waals surface area contributed by atoms with Crippen molar-refractivity contribution in [1.82, 2.24) is 10.2 Å². The SMILES string of the molecule is CN(C(=O)c1ccc(OCC2CC2)cc1)C1CCc2cc(CNCC3CCCOC3)ccc2C1. The average molecular weight is 463 g/mol. The number of nitrogens with one attached hydrogen (secondary N) is 1. The van der Waals surface area contributed by atoms with Crippen molar-refractivity contribution in [2.45, 2.75) is 57.5 Å². The highest BCUT2D eigenvalue weighted by molar-refractivity contribution is 5.94. The molecule has 2 unspecified atom stereocenters. The molecular weight excluding hydrogens is 424 g/mol. The second kappa shape index (κ2) is 10.9. The summed E-state index contributed by atoms with van der Waals surface area (Å²) in [6, 6.07) is 14.8. The van der Waals surface area contributed by atoms with E-state index in [4.69, 9.17) is 9.47 Å². The molecule has 5 nitrogen and oxygen atoms in total. The van der Waals surface area contributed by atoms with Gasteiger partial charge < -0.3 is 19.7 Å². The van der Waals surface area contributed by atoms with Crippen molar-refractivity contribution in [3.8, 4) is 5.75 Å². The number of carbonyl (C=O) groups is 1. The Labute approximate surface area is 203 Å². The maximum absolute atomic E-state index is 13.1. The van der Waals surface area contributed by atoms with Crippen LogP contribution in [-0.4, -0.2) is 50.3 Å². The number of ether oxygens (including phenoxy) is 2. The van der Waals surface area contributed by atoms with Crippen LogP contribution in [0.2, 0.25) is 0 Å². The monoisotopic (exact) mass is 462 g/mol. The summed E-state index contributed by atoms with van der Waals surface area (Å²) in [5, 5.41) is 3.62. The molecule has 0 aromatic heterocycles. The molecule has 0 spiro atoms. The Morgan fingerprint density at radius 1 is 1.06 bits per heavy atom. The quantitative estimate of drug-likeness (QED) is 0.591. The molecule has 2 atom stereocenters. The summed E-state index contributed by atoms with van der Waals surface area (Å²) in [6.45, 7) is 4.54. The second-order valence-corrected chi connectivity index (χ2v) is 10.4. The van der Waals surface area contributed by atoms with Gasteiger partial charge in [-0.1, -0.05) is 18.2 Å². The Balaban J connectivity index is 1.12. The zero-order valence-corrected chi connectivity index (χ0v) is 20.4. The number of carbonyl (C=O) groups excluding carboxylic acids is 1. The van der Waals surface area contributed by atoms with E-state index in [1.54, 1.807) is 0 Å². The van der Waals surface area contributed by atoms with Crippen molar-refractivity contribution in [1.29, 1.82) is 0 Å². The first kappa shape index (κ1) is 23.4. The third kappa shape index (κ3) is 6.00. The molecule has 1 N–H and O–H groups in total. The number of aryl methyl sites for hydroxylation is 1. The molecule has 2 aliphatic carbocycles. The molecule has 182 valence electrons. The van der Waals surface area contributed by atoms with Gasteiger partial charge in [-0.25, -0.2) is 0 Å². The fourth-order valence-electron chi connectivity index (χ4n) is 5.18. The lowest BCUT2D eigenvalue weighted by molar-refractivity contribution is 0.0547. The Hall–Kier alpha value is -2.37. The van der Waals surface area contributed by atoms with Crippen LogP contribution in [0.1, 0.15) is 59.2 Å². The van der Waals surface area contributed by atoms with Gasteiger partial charge in [-0.05, 0) is 97.7 Å². The van der Waals surface area contributed by atoms with Crippen molar-refractivity contribution in [2.75, 3.05) is 33.4 Å². The normalized spacial score (nSPS) is 22.1. The first-order valence-corrected chi connectivity index (χ1v) is 13.0. The maximum atomic E-state index is 13.1. The van der Waals surface area contributed by atoms with Crippen molar-refractivity contribution in [2.24, 2.45) is 11.8 Å². The minimum absolute atomic E-state index is 0.0923. The summed E-state index contributed by atoms with van der Waals surface area (Å²) in [7, 11) is 1.95. The van der Waals surface area contributed by atoms with Gasteiger partial charge in [-0.15, -0.1) is 0 Å². The molecule has 1 amide bonds. The summed E-state index contributed by atoms with van der Waals surface area (Å²) in [5.74, 6) is 2.32. The number of benzene rings is 2. The number of likely N-dealkylation sites (N-methyl/N-ethyl adjacent to an activating group) is 1. The molecule has 0 radical (unpaired) electrons. The fourth-order valence-corrected chi connectivity index (χ4v) is 5.18. The molecular formula is C29H38N2O3. The van der Waals surface area contributed by atoms with E-state index in [2.05, 4.69) is 23.5 Å². The lowest BCUT2D eigenvalue weighted by atomic mass is 9.86. The first-order chi connectivity index (χ1) is 16.7. The highest BCUT2D eigenvalue weighted by Crippen LogP contribution is 2.30. The predicted octanol–water partition coefficient (Wildman–Crippen LogP) is 4.62. The zero-order chi connectivity index (χ0) is 23.3. The van der Waals surface area contributed by atoms with Gasteiger partial charge in [0, 0.05) is 38.3 Å². The van der Waals surface area contributed by atoms with E-state index >= 15 is 0 Å². The lowest BCUT2D eigenvalue weighted by Gasteiger charge is -2.33. The number of nitrogens with zero attached hydrogens (tertiary/aromatic N) is 1. The van der Waals surface area contributed by atoms with Gasteiger partial charge in [0.25, 0.3) is 5.91 Å². The average Bonchev–Trinajstić information content (AvgIpc) is 3.72. The molecule has 3 aliphatic rings. The highest BCUT2D eigenvalue weighted by Gasteiger charge is 2.26. The van der Waals surface area contributed by atoms with Gasteiger partial charge >= 0.3 is 0 Å². The van der Waals surface area contributed by atoms with Crippen LogP contribution in [0.5, 0.6) is 5.75 Å². The van der Waals surface area contributed by atoms with Crippen molar-refractivity contribution in [3.63, 3.8) is 0 Å². The van der Waals surface area contributed by atoms with Gasteiger partial charge in [0.15, 0.2) is 0 Å². The second-order valence-electron chi connectivity index (χ2n) is 10.4.